The van der Waals surface area contributed by atoms with E-state index in [0.29, 0.717) is 19.5 Å². The van der Waals surface area contributed by atoms with Gasteiger partial charge in [-0.15, -0.1) is 0 Å². The highest BCUT2D eigenvalue weighted by Gasteiger charge is 2.28. The van der Waals surface area contributed by atoms with Crippen LogP contribution in [-0.4, -0.2) is 57.8 Å². The van der Waals surface area contributed by atoms with Gasteiger partial charge < -0.3 is 23.8 Å². The first-order valence-electron chi connectivity index (χ1n) is 12.3. The molecule has 0 unspecified atom stereocenters. The van der Waals surface area contributed by atoms with Crippen molar-refractivity contribution in [2.24, 2.45) is 0 Å². The minimum atomic E-state index is -0.488. The molecule has 1 aromatic carbocycles. The maximum absolute atomic E-state index is 12.3. The Bertz CT molecular complexity index is 1220. The molecule has 35 heavy (non-hydrogen) atoms. The van der Waals surface area contributed by atoms with Gasteiger partial charge in [-0.1, -0.05) is 0 Å². The van der Waals surface area contributed by atoms with Gasteiger partial charge in [0.2, 0.25) is 5.91 Å². The second kappa shape index (κ2) is 9.24. The van der Waals surface area contributed by atoms with Crippen molar-refractivity contribution in [2.45, 2.75) is 58.2 Å². The standard InChI is InChI=1S/C27H32N4O4/c1-27(2,3)35-26(33)29-14-11-21(12-15-29)34-22-7-9-24(28-18-22)31-16-10-19-17-20(6-8-23(19)31)30-13-4-5-25(30)32/h6-10,16-18,21H,4-5,11-15H2,1-3H3. The van der Waals surface area contributed by atoms with Gasteiger partial charge in [0.05, 0.1) is 11.7 Å². The van der Waals surface area contributed by atoms with Crippen LogP contribution < -0.4 is 9.64 Å². The molecule has 2 aliphatic rings. The molecule has 3 aromatic rings. The maximum atomic E-state index is 12.3. The third kappa shape index (κ3) is 5.11. The van der Waals surface area contributed by atoms with E-state index in [0.717, 1.165) is 54.0 Å². The molecule has 0 radical (unpaired) electrons. The fourth-order valence-electron chi connectivity index (χ4n) is 4.68. The molecule has 8 heteroatoms. The first kappa shape index (κ1) is 23.2. The second-order valence-corrected chi connectivity index (χ2v) is 10.2. The van der Waals surface area contributed by atoms with E-state index in [9.17, 15) is 9.59 Å². The molecule has 0 N–H and O–H groups in total. The van der Waals surface area contributed by atoms with Crippen molar-refractivity contribution in [3.8, 4) is 11.6 Å². The molecule has 8 nitrogen and oxygen atoms in total. The quantitative estimate of drug-likeness (QED) is 0.534. The van der Waals surface area contributed by atoms with Crippen LogP contribution in [0, 0.1) is 0 Å². The van der Waals surface area contributed by atoms with Crippen molar-refractivity contribution >= 4 is 28.6 Å². The molecule has 2 fully saturated rings. The Kier molecular flexibility index (Phi) is 6.13. The molecule has 0 aliphatic carbocycles. The Morgan fingerprint density at radius 1 is 1.06 bits per heavy atom. The zero-order valence-electron chi connectivity index (χ0n) is 20.6. The van der Waals surface area contributed by atoms with Crippen molar-refractivity contribution in [1.82, 2.24) is 14.5 Å². The number of nitrogens with zero attached hydrogens (tertiary/aromatic N) is 4. The van der Waals surface area contributed by atoms with Gasteiger partial charge in [-0.25, -0.2) is 9.78 Å². The fourth-order valence-corrected chi connectivity index (χ4v) is 4.68. The van der Waals surface area contributed by atoms with E-state index in [1.807, 2.05) is 66.8 Å². The molecule has 0 saturated carbocycles. The minimum absolute atomic E-state index is 0.0421. The van der Waals surface area contributed by atoms with Crippen LogP contribution in [0.15, 0.2) is 48.8 Å². The monoisotopic (exact) mass is 476 g/mol. The number of aromatic nitrogens is 2. The Labute approximate surface area is 205 Å². The number of piperidine rings is 1. The van der Waals surface area contributed by atoms with Crippen LogP contribution in [-0.2, 0) is 9.53 Å². The summed E-state index contributed by atoms with van der Waals surface area (Å²) in [5, 5.41) is 1.07. The smallest absolute Gasteiger partial charge is 0.410 e. The SMILES string of the molecule is CC(C)(C)OC(=O)N1CCC(Oc2ccc(-n3ccc4cc(N5CCCC5=O)ccc43)nc2)CC1. The van der Waals surface area contributed by atoms with Gasteiger partial charge in [-0.2, -0.15) is 0 Å². The van der Waals surface area contributed by atoms with Crippen LogP contribution in [0.5, 0.6) is 5.75 Å². The number of rotatable bonds is 4. The number of carbonyl (C=O) groups is 2. The van der Waals surface area contributed by atoms with Crippen LogP contribution in [0.3, 0.4) is 0 Å². The first-order chi connectivity index (χ1) is 16.8. The predicted molar refractivity (Wildman–Crippen MR) is 134 cm³/mol. The lowest BCUT2D eigenvalue weighted by Gasteiger charge is -2.33. The molecule has 2 saturated heterocycles. The van der Waals surface area contributed by atoms with Crippen LogP contribution in [0.2, 0.25) is 0 Å². The van der Waals surface area contributed by atoms with Crippen molar-refractivity contribution in [1.29, 1.82) is 0 Å². The van der Waals surface area contributed by atoms with Gasteiger partial charge >= 0.3 is 6.09 Å². The van der Waals surface area contributed by atoms with Gasteiger partial charge in [0.25, 0.3) is 0 Å². The number of pyridine rings is 1. The molecule has 4 heterocycles. The van der Waals surface area contributed by atoms with Crippen LogP contribution in [0.25, 0.3) is 16.7 Å². The third-order valence-electron chi connectivity index (χ3n) is 6.42. The molecule has 0 bridgehead atoms. The average Bonchev–Trinajstić information content (AvgIpc) is 3.44. The van der Waals surface area contributed by atoms with Gasteiger partial charge in [0.1, 0.15) is 23.3 Å². The van der Waals surface area contributed by atoms with E-state index in [1.165, 1.54) is 0 Å². The van der Waals surface area contributed by atoms with E-state index in [4.69, 9.17) is 9.47 Å². The normalized spacial score (nSPS) is 17.3. The average molecular weight is 477 g/mol. The molecular weight excluding hydrogens is 444 g/mol. The lowest BCUT2D eigenvalue weighted by atomic mass is 10.1. The summed E-state index contributed by atoms with van der Waals surface area (Å²) < 4.78 is 13.6. The van der Waals surface area contributed by atoms with Gasteiger partial charge in [-0.05, 0) is 63.6 Å². The number of hydrogen-bond acceptors (Lipinski definition) is 5. The largest absolute Gasteiger partial charge is 0.489 e. The van der Waals surface area contributed by atoms with E-state index in [-0.39, 0.29) is 18.1 Å². The molecule has 5 rings (SSSR count). The molecule has 184 valence electrons. The summed E-state index contributed by atoms with van der Waals surface area (Å²) in [6.45, 7) is 7.65. The molecular formula is C27H32N4O4. The van der Waals surface area contributed by atoms with Crippen molar-refractivity contribution in [3.63, 3.8) is 0 Å². The number of fused-ring (bicyclic) bond motifs is 1. The zero-order chi connectivity index (χ0) is 24.6. The third-order valence-corrected chi connectivity index (χ3v) is 6.42. The number of benzene rings is 1. The highest BCUT2D eigenvalue weighted by Crippen LogP contribution is 2.28. The summed E-state index contributed by atoms with van der Waals surface area (Å²) in [7, 11) is 0. The number of amides is 2. The summed E-state index contributed by atoms with van der Waals surface area (Å²) in [4.78, 5) is 32.6. The Hall–Kier alpha value is -3.55. The summed E-state index contributed by atoms with van der Waals surface area (Å²) in [5.41, 5.74) is 1.50. The maximum Gasteiger partial charge on any atom is 0.410 e. The number of likely N-dealkylation sites (tertiary alicyclic amines) is 1. The van der Waals surface area contributed by atoms with E-state index in [1.54, 1.807) is 11.1 Å². The van der Waals surface area contributed by atoms with Crippen molar-refractivity contribution in [2.75, 3.05) is 24.5 Å². The highest BCUT2D eigenvalue weighted by molar-refractivity contribution is 5.97. The summed E-state index contributed by atoms with van der Waals surface area (Å²) in [5.74, 6) is 1.71. The van der Waals surface area contributed by atoms with Crippen molar-refractivity contribution in [3.05, 3.63) is 48.8 Å². The van der Waals surface area contributed by atoms with Crippen LogP contribution >= 0.6 is 0 Å². The lowest BCUT2D eigenvalue weighted by Crippen LogP contribution is -2.44. The lowest BCUT2D eigenvalue weighted by molar-refractivity contribution is -0.117. The molecule has 0 spiro atoms. The second-order valence-electron chi connectivity index (χ2n) is 10.2. The number of anilines is 1. The molecule has 2 aromatic heterocycles. The first-order valence-corrected chi connectivity index (χ1v) is 12.3. The molecule has 2 aliphatic heterocycles. The number of hydrogen-bond donors (Lipinski definition) is 0. The predicted octanol–water partition coefficient (Wildman–Crippen LogP) is 4.93. The summed E-state index contributed by atoms with van der Waals surface area (Å²) >= 11 is 0. The van der Waals surface area contributed by atoms with E-state index >= 15 is 0 Å². The Morgan fingerprint density at radius 2 is 1.86 bits per heavy atom. The Balaban J connectivity index is 1.21. The topological polar surface area (TPSA) is 76.9 Å². The fraction of sp³-hybridized carbons (Fsp3) is 0.444. The number of ether oxygens (including phenoxy) is 2. The van der Waals surface area contributed by atoms with Gasteiger partial charge in [0, 0.05) is 56.2 Å². The van der Waals surface area contributed by atoms with Gasteiger partial charge in [0.15, 0.2) is 0 Å². The molecule has 0 atom stereocenters. The van der Waals surface area contributed by atoms with Crippen molar-refractivity contribution < 1.29 is 19.1 Å². The van der Waals surface area contributed by atoms with Crippen LogP contribution in [0.1, 0.15) is 46.5 Å². The summed E-state index contributed by atoms with van der Waals surface area (Å²) in [6.07, 6.45) is 6.57. The van der Waals surface area contributed by atoms with E-state index in [2.05, 4.69) is 11.1 Å². The zero-order valence-corrected chi connectivity index (χ0v) is 20.6. The Morgan fingerprint density at radius 3 is 2.51 bits per heavy atom. The van der Waals surface area contributed by atoms with Crippen LogP contribution in [0.4, 0.5) is 10.5 Å². The minimum Gasteiger partial charge on any atom is -0.489 e. The van der Waals surface area contributed by atoms with E-state index < -0.39 is 5.60 Å². The summed E-state index contributed by atoms with van der Waals surface area (Å²) in [6, 6.07) is 12.0. The highest BCUT2D eigenvalue weighted by atomic mass is 16.6. The van der Waals surface area contributed by atoms with Gasteiger partial charge in [-0.3, -0.25) is 4.79 Å². The molecule has 2 amide bonds. The number of carbonyl (C=O) groups excluding carboxylic acids is 2.